The van der Waals surface area contributed by atoms with Gasteiger partial charge in [-0.3, -0.25) is 0 Å². The number of hydrogen-bond acceptors (Lipinski definition) is 2. The molecule has 0 saturated carbocycles. The highest BCUT2D eigenvalue weighted by molar-refractivity contribution is 6.13. The fourth-order valence-electron chi connectivity index (χ4n) is 2.40. The molecule has 0 aliphatic rings. The summed E-state index contributed by atoms with van der Waals surface area (Å²) >= 11 is 0. The van der Waals surface area contributed by atoms with Crippen LogP contribution < -0.4 is 5.73 Å². The minimum atomic E-state index is 0.428. The summed E-state index contributed by atoms with van der Waals surface area (Å²) in [4.78, 5) is 0. The second-order valence-corrected chi connectivity index (χ2v) is 4.81. The largest absolute Gasteiger partial charge is 0.398 e. The molecular weight excluding hydrogens is 256 g/mol. The smallest absolute Gasteiger partial charge is 0.0636 e. The Hall–Kier alpha value is -2.61. The van der Waals surface area contributed by atoms with Gasteiger partial charge in [-0.05, 0) is 35.3 Å². The average Bonchev–Trinajstić information content (AvgIpc) is 2.53. The van der Waals surface area contributed by atoms with Crippen LogP contribution in [0, 0.1) is 5.41 Å². The summed E-state index contributed by atoms with van der Waals surface area (Å²) in [5, 5.41) is 8.33. The van der Waals surface area contributed by atoms with Gasteiger partial charge in [-0.25, -0.2) is 0 Å². The molecule has 21 heavy (non-hydrogen) atoms. The van der Waals surface area contributed by atoms with Crippen LogP contribution in [0.5, 0.6) is 0 Å². The molecule has 0 aromatic heterocycles. The van der Waals surface area contributed by atoms with Gasteiger partial charge < -0.3 is 11.1 Å². The number of rotatable bonds is 5. The summed E-state index contributed by atoms with van der Waals surface area (Å²) in [6, 6.07) is 13.8. The van der Waals surface area contributed by atoms with Crippen molar-refractivity contribution >= 4 is 23.6 Å². The molecule has 0 saturated heterocycles. The molecule has 0 spiro atoms. The Morgan fingerprint density at radius 3 is 2.52 bits per heavy atom. The van der Waals surface area contributed by atoms with Crippen molar-refractivity contribution in [1.29, 1.82) is 5.41 Å². The van der Waals surface area contributed by atoms with E-state index in [-0.39, 0.29) is 0 Å². The van der Waals surface area contributed by atoms with Crippen molar-refractivity contribution in [2.75, 3.05) is 5.73 Å². The number of allylic oxidation sites excluding steroid dienone is 1. The molecule has 0 heterocycles. The number of anilines is 1. The van der Waals surface area contributed by atoms with Crippen molar-refractivity contribution in [3.8, 4) is 0 Å². The zero-order valence-electron chi connectivity index (χ0n) is 12.3. The Labute approximate surface area is 126 Å². The molecule has 106 valence electrons. The molecule has 2 aromatic carbocycles. The Kier molecular flexibility index (Phi) is 4.72. The highest BCUT2D eigenvalue weighted by Gasteiger charge is 2.11. The highest BCUT2D eigenvalue weighted by Crippen LogP contribution is 2.24. The predicted octanol–water partition coefficient (Wildman–Crippen LogP) is 4.56. The first kappa shape index (κ1) is 14.8. The number of hydrogen-bond donors (Lipinski definition) is 2. The predicted molar refractivity (Wildman–Crippen MR) is 92.6 cm³/mol. The van der Waals surface area contributed by atoms with E-state index >= 15 is 0 Å². The lowest BCUT2D eigenvalue weighted by atomic mass is 9.93. The third kappa shape index (κ3) is 3.29. The minimum absolute atomic E-state index is 0.428. The van der Waals surface area contributed by atoms with Crippen molar-refractivity contribution < 1.29 is 0 Å². The van der Waals surface area contributed by atoms with E-state index in [9.17, 15) is 0 Å². The van der Waals surface area contributed by atoms with Crippen molar-refractivity contribution in [2.45, 2.75) is 13.3 Å². The van der Waals surface area contributed by atoms with Crippen molar-refractivity contribution in [3.05, 3.63) is 77.4 Å². The first-order valence-electron chi connectivity index (χ1n) is 7.03. The maximum Gasteiger partial charge on any atom is 0.0636 e. The zero-order valence-corrected chi connectivity index (χ0v) is 12.3. The molecule has 0 fully saturated rings. The molecule has 2 rings (SSSR count). The molecule has 0 aliphatic heterocycles. The van der Waals surface area contributed by atoms with Gasteiger partial charge in [0.25, 0.3) is 0 Å². The van der Waals surface area contributed by atoms with Gasteiger partial charge in [0.05, 0.1) is 5.71 Å². The second kappa shape index (κ2) is 6.71. The highest BCUT2D eigenvalue weighted by atomic mass is 14.6. The van der Waals surface area contributed by atoms with E-state index in [0.717, 1.165) is 28.7 Å². The van der Waals surface area contributed by atoms with Crippen LogP contribution in [0.25, 0.3) is 12.2 Å². The molecule has 0 atom stereocenters. The first-order chi connectivity index (χ1) is 10.2. The van der Waals surface area contributed by atoms with Gasteiger partial charge >= 0.3 is 0 Å². The van der Waals surface area contributed by atoms with Gasteiger partial charge in [-0.15, -0.1) is 0 Å². The number of benzene rings is 2. The summed E-state index contributed by atoms with van der Waals surface area (Å²) < 4.78 is 0. The average molecular weight is 276 g/mol. The summed E-state index contributed by atoms with van der Waals surface area (Å²) in [6.45, 7) is 5.90. The molecule has 0 amide bonds. The molecule has 0 unspecified atom stereocenters. The second-order valence-electron chi connectivity index (χ2n) is 4.81. The Balaban J connectivity index is 2.39. The van der Waals surface area contributed by atoms with Gasteiger partial charge in [0.15, 0.2) is 0 Å². The maximum atomic E-state index is 8.33. The van der Waals surface area contributed by atoms with Crippen LogP contribution in [0.15, 0.2) is 55.1 Å². The van der Waals surface area contributed by atoms with Crippen molar-refractivity contribution in [3.63, 3.8) is 0 Å². The van der Waals surface area contributed by atoms with Crippen LogP contribution >= 0.6 is 0 Å². The van der Waals surface area contributed by atoms with Crippen molar-refractivity contribution in [2.24, 2.45) is 0 Å². The fraction of sp³-hybridized carbons (Fsp3) is 0.105. The van der Waals surface area contributed by atoms with Crippen LogP contribution in [0.3, 0.4) is 0 Å². The van der Waals surface area contributed by atoms with E-state index < -0.39 is 0 Å². The molecule has 0 aliphatic carbocycles. The summed E-state index contributed by atoms with van der Waals surface area (Å²) in [5.74, 6) is 0. The Bertz CT molecular complexity index is 682. The normalized spacial score (nSPS) is 10.7. The van der Waals surface area contributed by atoms with Gasteiger partial charge in [-0.1, -0.05) is 62.1 Å². The third-order valence-corrected chi connectivity index (χ3v) is 3.47. The van der Waals surface area contributed by atoms with E-state index in [1.807, 2.05) is 54.6 Å². The van der Waals surface area contributed by atoms with E-state index in [2.05, 4.69) is 13.5 Å². The standard InChI is InChI=1S/C19H20N2/c1-3-15-11-13-18(21)19(16(15)4-2)17(20)12-10-14-8-6-5-7-9-14/h3,5-13,20H,1,4,21H2,2H3/b12-10+,20-17?. The molecule has 0 radical (unpaired) electrons. The third-order valence-electron chi connectivity index (χ3n) is 3.47. The van der Waals surface area contributed by atoms with Crippen LogP contribution in [0.2, 0.25) is 0 Å². The van der Waals surface area contributed by atoms with Crippen LogP contribution in [-0.4, -0.2) is 5.71 Å². The number of nitrogens with two attached hydrogens (primary N) is 1. The van der Waals surface area contributed by atoms with Gasteiger partial charge in [0.1, 0.15) is 0 Å². The van der Waals surface area contributed by atoms with Gasteiger partial charge in [-0.2, -0.15) is 0 Å². The van der Waals surface area contributed by atoms with Crippen LogP contribution in [0.4, 0.5) is 5.69 Å². The van der Waals surface area contributed by atoms with E-state index in [1.165, 1.54) is 0 Å². The lowest BCUT2D eigenvalue weighted by molar-refractivity contribution is 1.13. The van der Waals surface area contributed by atoms with Crippen LogP contribution in [-0.2, 0) is 6.42 Å². The molecular formula is C19H20N2. The molecule has 0 bridgehead atoms. The fourth-order valence-corrected chi connectivity index (χ4v) is 2.40. The summed E-state index contributed by atoms with van der Waals surface area (Å²) in [6.07, 6.45) is 6.37. The van der Waals surface area contributed by atoms with E-state index in [0.29, 0.717) is 11.4 Å². The van der Waals surface area contributed by atoms with E-state index in [1.54, 1.807) is 6.08 Å². The molecule has 2 nitrogen and oxygen atoms in total. The Morgan fingerprint density at radius 1 is 1.19 bits per heavy atom. The molecule has 2 aromatic rings. The number of nitrogens with one attached hydrogen (secondary N) is 1. The molecule has 3 N–H and O–H groups in total. The lowest BCUT2D eigenvalue weighted by Crippen LogP contribution is -2.07. The maximum absolute atomic E-state index is 8.33. The monoisotopic (exact) mass is 276 g/mol. The quantitative estimate of drug-likeness (QED) is 0.610. The summed E-state index contributed by atoms with van der Waals surface area (Å²) in [7, 11) is 0. The van der Waals surface area contributed by atoms with Gasteiger partial charge in [0.2, 0.25) is 0 Å². The Morgan fingerprint density at radius 2 is 1.90 bits per heavy atom. The summed E-state index contributed by atoms with van der Waals surface area (Å²) in [5.41, 5.74) is 11.1. The van der Waals surface area contributed by atoms with E-state index in [4.69, 9.17) is 11.1 Å². The zero-order chi connectivity index (χ0) is 15.2. The SMILES string of the molecule is C=Cc1ccc(N)c(C(=N)/C=C/c2ccccc2)c1CC. The minimum Gasteiger partial charge on any atom is -0.398 e. The van der Waals surface area contributed by atoms with Crippen LogP contribution in [0.1, 0.15) is 29.2 Å². The lowest BCUT2D eigenvalue weighted by Gasteiger charge is -2.13. The molecule has 2 heteroatoms. The topological polar surface area (TPSA) is 49.9 Å². The van der Waals surface area contributed by atoms with Crippen molar-refractivity contribution in [1.82, 2.24) is 0 Å². The first-order valence-corrected chi connectivity index (χ1v) is 7.03. The van der Waals surface area contributed by atoms with Gasteiger partial charge in [0, 0.05) is 11.3 Å². The number of nitrogen functional groups attached to an aromatic ring is 1.